The maximum atomic E-state index is 10.8. The number of thiol groups is 1. The van der Waals surface area contributed by atoms with Crippen molar-refractivity contribution in [3.8, 4) is 22.3 Å². The molecule has 0 amide bonds. The maximum Gasteiger partial charge on any atom is 0.144 e. The number of nitrogen functional groups attached to an aromatic ring is 1. The van der Waals surface area contributed by atoms with Crippen molar-refractivity contribution in [3.63, 3.8) is 0 Å². The fraction of sp³-hybridized carbons (Fsp3) is 0.111. The fourth-order valence-corrected chi connectivity index (χ4v) is 3.03. The van der Waals surface area contributed by atoms with Crippen molar-refractivity contribution in [2.45, 2.75) is 12.7 Å². The van der Waals surface area contributed by atoms with Crippen molar-refractivity contribution in [3.05, 3.63) is 66.1 Å². The van der Waals surface area contributed by atoms with Gasteiger partial charge in [-0.05, 0) is 35.7 Å². The van der Waals surface area contributed by atoms with E-state index in [1.807, 2.05) is 43.3 Å². The van der Waals surface area contributed by atoms with E-state index in [9.17, 15) is 8.42 Å². The van der Waals surface area contributed by atoms with Gasteiger partial charge in [0.2, 0.25) is 0 Å². The van der Waals surface area contributed by atoms with Crippen molar-refractivity contribution in [1.82, 2.24) is 9.97 Å². The van der Waals surface area contributed by atoms with E-state index in [1.165, 1.54) is 0 Å². The van der Waals surface area contributed by atoms with Gasteiger partial charge >= 0.3 is 0 Å². The van der Waals surface area contributed by atoms with Crippen LogP contribution in [0.5, 0.6) is 0 Å². The molecule has 0 saturated carbocycles. The maximum absolute atomic E-state index is 10.8. The summed E-state index contributed by atoms with van der Waals surface area (Å²) in [6.45, 7) is 1.98. The van der Waals surface area contributed by atoms with Crippen LogP contribution in [0.1, 0.15) is 11.1 Å². The molecular formula is C18H17N3O2S. The Labute approximate surface area is 142 Å². The third-order valence-electron chi connectivity index (χ3n) is 3.70. The molecule has 122 valence electrons. The lowest BCUT2D eigenvalue weighted by Crippen LogP contribution is -1.96. The summed E-state index contributed by atoms with van der Waals surface area (Å²) in [5.74, 6) is 0.502. The molecule has 0 unspecified atom stereocenters. The molecule has 2 aromatic heterocycles. The number of hydrogen-bond acceptors (Lipinski definition) is 5. The largest absolute Gasteiger partial charge is 0.383 e. The van der Waals surface area contributed by atoms with Gasteiger partial charge in [0, 0.05) is 35.3 Å². The smallest absolute Gasteiger partial charge is 0.144 e. The second-order valence-corrected chi connectivity index (χ2v) is 6.58. The monoisotopic (exact) mass is 339 g/mol. The molecule has 6 heteroatoms. The SMILES string of the molecule is Cc1cncc(-c2cc(-c3ccc(C[SH](=O)=O)cc3)cnc2N)c1. The van der Waals surface area contributed by atoms with E-state index in [1.54, 1.807) is 18.6 Å². The molecule has 5 nitrogen and oxygen atoms in total. The van der Waals surface area contributed by atoms with Crippen LogP contribution >= 0.6 is 0 Å². The summed E-state index contributed by atoms with van der Waals surface area (Å²) < 4.78 is 21.6. The van der Waals surface area contributed by atoms with Gasteiger partial charge in [-0.3, -0.25) is 4.98 Å². The first-order valence-electron chi connectivity index (χ1n) is 7.41. The van der Waals surface area contributed by atoms with E-state index in [0.717, 1.165) is 33.4 Å². The standard InChI is InChI=1S/C18H17N3O2S/c1-12-6-16(9-20-8-12)17-7-15(10-21-18(17)19)14-4-2-13(3-5-14)11-24(22)23/h2-10,24H,11H2,1H3,(H2,19,21). The lowest BCUT2D eigenvalue weighted by atomic mass is 10.0. The quantitative estimate of drug-likeness (QED) is 0.714. The van der Waals surface area contributed by atoms with Gasteiger partial charge in [-0.15, -0.1) is 0 Å². The van der Waals surface area contributed by atoms with Crippen molar-refractivity contribution in [1.29, 1.82) is 0 Å². The molecule has 0 aliphatic heterocycles. The van der Waals surface area contributed by atoms with E-state index >= 15 is 0 Å². The molecule has 3 rings (SSSR count). The Morgan fingerprint density at radius 2 is 1.71 bits per heavy atom. The molecule has 1 aromatic carbocycles. The number of nitrogens with two attached hydrogens (primary N) is 1. The van der Waals surface area contributed by atoms with Crippen LogP contribution in [0.15, 0.2) is 55.0 Å². The van der Waals surface area contributed by atoms with Gasteiger partial charge in [0.05, 0.1) is 5.75 Å². The minimum atomic E-state index is -2.42. The highest BCUT2D eigenvalue weighted by atomic mass is 32.2. The molecule has 0 aliphatic carbocycles. The molecule has 0 fully saturated rings. The van der Waals surface area contributed by atoms with E-state index in [4.69, 9.17) is 5.73 Å². The minimum absolute atomic E-state index is 0.0514. The molecule has 0 spiro atoms. The van der Waals surface area contributed by atoms with Crippen LogP contribution in [0.25, 0.3) is 22.3 Å². The molecule has 0 atom stereocenters. The van der Waals surface area contributed by atoms with Gasteiger partial charge in [-0.1, -0.05) is 24.3 Å². The van der Waals surface area contributed by atoms with Crippen LogP contribution in [0.4, 0.5) is 5.82 Å². The molecule has 2 heterocycles. The summed E-state index contributed by atoms with van der Waals surface area (Å²) in [5, 5.41) is 0. The average molecular weight is 339 g/mol. The first kappa shape index (κ1) is 16.1. The fourth-order valence-electron chi connectivity index (χ4n) is 2.52. The molecular weight excluding hydrogens is 322 g/mol. The van der Waals surface area contributed by atoms with Crippen LogP contribution in [0.2, 0.25) is 0 Å². The zero-order valence-corrected chi connectivity index (χ0v) is 14.0. The summed E-state index contributed by atoms with van der Waals surface area (Å²) in [4.78, 5) is 8.49. The molecule has 0 radical (unpaired) electrons. The second kappa shape index (κ2) is 6.80. The molecule has 0 aliphatic rings. The van der Waals surface area contributed by atoms with E-state index in [2.05, 4.69) is 9.97 Å². The Kier molecular flexibility index (Phi) is 4.57. The summed E-state index contributed by atoms with van der Waals surface area (Å²) >= 11 is 0. The molecule has 0 saturated heterocycles. The Bertz CT molecular complexity index is 943. The number of nitrogens with zero attached hydrogens (tertiary/aromatic N) is 2. The number of rotatable bonds is 4. The first-order chi connectivity index (χ1) is 11.5. The van der Waals surface area contributed by atoms with Gasteiger partial charge in [-0.2, -0.15) is 0 Å². The van der Waals surface area contributed by atoms with Gasteiger partial charge in [-0.25, -0.2) is 13.4 Å². The van der Waals surface area contributed by atoms with E-state index < -0.39 is 10.7 Å². The van der Waals surface area contributed by atoms with Crippen molar-refractivity contribution < 1.29 is 8.42 Å². The lowest BCUT2D eigenvalue weighted by molar-refractivity contribution is 0.614. The zero-order valence-electron chi connectivity index (χ0n) is 13.1. The van der Waals surface area contributed by atoms with Crippen LogP contribution in [-0.4, -0.2) is 18.4 Å². The van der Waals surface area contributed by atoms with Crippen molar-refractivity contribution in [2.24, 2.45) is 0 Å². The Morgan fingerprint density at radius 1 is 0.958 bits per heavy atom. The van der Waals surface area contributed by atoms with E-state index in [0.29, 0.717) is 5.82 Å². The molecule has 0 bridgehead atoms. The van der Waals surface area contributed by atoms with Crippen LogP contribution in [-0.2, 0) is 16.5 Å². The number of aromatic nitrogens is 2. The number of pyridine rings is 2. The van der Waals surface area contributed by atoms with Crippen molar-refractivity contribution >= 4 is 16.5 Å². The lowest BCUT2D eigenvalue weighted by Gasteiger charge is -2.09. The Balaban J connectivity index is 1.99. The highest BCUT2D eigenvalue weighted by molar-refractivity contribution is 7.71. The van der Waals surface area contributed by atoms with E-state index in [-0.39, 0.29) is 5.75 Å². The van der Waals surface area contributed by atoms with Gasteiger partial charge in [0.25, 0.3) is 0 Å². The van der Waals surface area contributed by atoms with Gasteiger partial charge < -0.3 is 5.73 Å². The summed E-state index contributed by atoms with van der Waals surface area (Å²) in [6.07, 6.45) is 5.26. The second-order valence-electron chi connectivity index (χ2n) is 5.60. The minimum Gasteiger partial charge on any atom is -0.383 e. The van der Waals surface area contributed by atoms with Crippen LogP contribution < -0.4 is 5.73 Å². The topological polar surface area (TPSA) is 85.9 Å². The number of anilines is 1. The van der Waals surface area contributed by atoms with Crippen LogP contribution in [0.3, 0.4) is 0 Å². The third-order valence-corrected chi connectivity index (χ3v) is 4.33. The average Bonchev–Trinajstić information content (AvgIpc) is 2.55. The number of aryl methyl sites for hydroxylation is 1. The Morgan fingerprint density at radius 3 is 2.38 bits per heavy atom. The first-order valence-corrected chi connectivity index (χ1v) is 8.78. The highest BCUT2D eigenvalue weighted by Crippen LogP contribution is 2.29. The zero-order chi connectivity index (χ0) is 17.1. The summed E-state index contributed by atoms with van der Waals surface area (Å²) in [6, 6.07) is 11.4. The predicted molar refractivity (Wildman–Crippen MR) is 96.1 cm³/mol. The number of benzene rings is 1. The van der Waals surface area contributed by atoms with Gasteiger partial charge in [0.15, 0.2) is 0 Å². The summed E-state index contributed by atoms with van der Waals surface area (Å²) in [5.41, 5.74) is 11.5. The molecule has 24 heavy (non-hydrogen) atoms. The number of hydrogen-bond donors (Lipinski definition) is 2. The van der Waals surface area contributed by atoms with Crippen molar-refractivity contribution in [2.75, 3.05) is 5.73 Å². The third kappa shape index (κ3) is 3.60. The normalized spacial score (nSPS) is 10.9. The highest BCUT2D eigenvalue weighted by Gasteiger charge is 2.08. The summed E-state index contributed by atoms with van der Waals surface area (Å²) in [7, 11) is -2.42. The molecule has 2 N–H and O–H groups in total. The predicted octanol–water partition coefficient (Wildman–Crippen LogP) is 2.81. The molecule has 3 aromatic rings. The van der Waals surface area contributed by atoms with Gasteiger partial charge in [0.1, 0.15) is 16.5 Å². The Hall–Kier alpha value is -2.73. The van der Waals surface area contributed by atoms with Crippen LogP contribution in [0, 0.1) is 6.92 Å².